The molecule has 0 saturated carbocycles. The Balaban J connectivity index is 1.96. The van der Waals surface area contributed by atoms with E-state index in [0.29, 0.717) is 11.3 Å². The van der Waals surface area contributed by atoms with Gasteiger partial charge in [0.1, 0.15) is 0 Å². The van der Waals surface area contributed by atoms with Crippen LogP contribution in [-0.2, 0) is 7.05 Å². The maximum Gasteiger partial charge on any atom is 0.255 e. The first kappa shape index (κ1) is 15.7. The first-order valence-electron chi connectivity index (χ1n) is 7.56. The number of rotatable bonds is 3. The van der Waals surface area contributed by atoms with Crippen LogP contribution in [0, 0.1) is 13.8 Å². The minimum atomic E-state index is -0.332. The fourth-order valence-corrected chi connectivity index (χ4v) is 2.52. The first-order valence-corrected chi connectivity index (χ1v) is 7.56. The summed E-state index contributed by atoms with van der Waals surface area (Å²) < 4.78 is 3.20. The summed E-state index contributed by atoms with van der Waals surface area (Å²) in [5.74, 6) is -0.332. The zero-order valence-electron chi connectivity index (χ0n) is 13.8. The van der Waals surface area contributed by atoms with Crippen molar-refractivity contribution in [1.82, 2.24) is 14.3 Å². The Morgan fingerprint density at radius 2 is 1.88 bits per heavy atom. The van der Waals surface area contributed by atoms with Crippen LogP contribution in [0.4, 0.5) is 5.69 Å². The smallest absolute Gasteiger partial charge is 0.255 e. The van der Waals surface area contributed by atoms with Crippen LogP contribution in [0.5, 0.6) is 0 Å². The van der Waals surface area contributed by atoms with Crippen LogP contribution in [0.15, 0.2) is 53.5 Å². The van der Waals surface area contributed by atoms with Crippen molar-refractivity contribution >= 4 is 11.6 Å². The number of amides is 1. The van der Waals surface area contributed by atoms with Gasteiger partial charge in [0.15, 0.2) is 0 Å². The number of pyridine rings is 1. The number of aryl methyl sites for hydroxylation is 3. The number of hydrogen-bond acceptors (Lipinski definition) is 3. The summed E-state index contributed by atoms with van der Waals surface area (Å²) in [5, 5.41) is 7.32. The van der Waals surface area contributed by atoms with E-state index in [1.165, 1.54) is 10.6 Å². The monoisotopic (exact) mass is 322 g/mol. The molecule has 0 atom stereocenters. The van der Waals surface area contributed by atoms with E-state index in [-0.39, 0.29) is 11.5 Å². The molecular weight excluding hydrogens is 304 g/mol. The zero-order chi connectivity index (χ0) is 17.3. The van der Waals surface area contributed by atoms with Gasteiger partial charge in [0.2, 0.25) is 0 Å². The average Bonchev–Trinajstić information content (AvgIpc) is 2.89. The maximum atomic E-state index is 12.5. The molecule has 0 bridgehead atoms. The maximum absolute atomic E-state index is 12.5. The lowest BCUT2D eigenvalue weighted by molar-refractivity contribution is 0.102. The largest absolute Gasteiger partial charge is 0.320 e. The first-order chi connectivity index (χ1) is 11.5. The summed E-state index contributed by atoms with van der Waals surface area (Å²) in [6, 6.07) is 12.3. The molecular formula is C18H18N4O2. The van der Waals surface area contributed by atoms with E-state index in [0.717, 1.165) is 17.1 Å². The lowest BCUT2D eigenvalue weighted by Crippen LogP contribution is -2.20. The van der Waals surface area contributed by atoms with Crippen molar-refractivity contribution in [2.75, 3.05) is 5.32 Å². The van der Waals surface area contributed by atoms with E-state index in [1.807, 2.05) is 44.2 Å². The van der Waals surface area contributed by atoms with Crippen LogP contribution in [0.1, 0.15) is 21.7 Å². The van der Waals surface area contributed by atoms with Crippen molar-refractivity contribution in [3.8, 4) is 5.69 Å². The van der Waals surface area contributed by atoms with Crippen molar-refractivity contribution in [3.63, 3.8) is 0 Å². The van der Waals surface area contributed by atoms with E-state index in [4.69, 9.17) is 0 Å². The standard InChI is InChI=1S/C18H18N4O2/c1-12-10-13(2)22(20-12)16-7-5-4-6-15(16)19-18(24)14-8-9-21(3)17(23)11-14/h4-11H,1-3H3,(H,19,24). The lowest BCUT2D eigenvalue weighted by atomic mass is 10.2. The van der Waals surface area contributed by atoms with Crippen molar-refractivity contribution in [2.24, 2.45) is 7.05 Å². The summed E-state index contributed by atoms with van der Waals surface area (Å²) in [4.78, 5) is 24.2. The van der Waals surface area contributed by atoms with Crippen molar-refractivity contribution in [2.45, 2.75) is 13.8 Å². The Labute approximate surface area is 139 Å². The average molecular weight is 322 g/mol. The number of aromatic nitrogens is 3. The van der Waals surface area contributed by atoms with Crippen molar-refractivity contribution < 1.29 is 4.79 Å². The summed E-state index contributed by atoms with van der Waals surface area (Å²) in [5.41, 5.74) is 3.38. The molecule has 2 heterocycles. The lowest BCUT2D eigenvalue weighted by Gasteiger charge is -2.12. The molecule has 0 aliphatic heterocycles. The third-order valence-electron chi connectivity index (χ3n) is 3.76. The van der Waals surface area contributed by atoms with Crippen LogP contribution in [0.2, 0.25) is 0 Å². The van der Waals surface area contributed by atoms with Crippen LogP contribution in [0.3, 0.4) is 0 Å². The fraction of sp³-hybridized carbons (Fsp3) is 0.167. The molecule has 1 aromatic carbocycles. The van der Waals surface area contributed by atoms with Crippen LogP contribution in [0.25, 0.3) is 5.69 Å². The van der Waals surface area contributed by atoms with Crippen molar-refractivity contribution in [1.29, 1.82) is 0 Å². The Kier molecular flexibility index (Phi) is 4.04. The number of carbonyl (C=O) groups is 1. The number of nitrogens with zero attached hydrogens (tertiary/aromatic N) is 3. The summed E-state index contributed by atoms with van der Waals surface area (Å²) in [6.45, 7) is 3.88. The highest BCUT2D eigenvalue weighted by atomic mass is 16.2. The highest BCUT2D eigenvalue weighted by molar-refractivity contribution is 6.05. The van der Waals surface area contributed by atoms with Gasteiger partial charge >= 0.3 is 0 Å². The van der Waals surface area contributed by atoms with E-state index >= 15 is 0 Å². The minimum absolute atomic E-state index is 0.227. The van der Waals surface area contributed by atoms with E-state index in [1.54, 1.807) is 24.0 Å². The van der Waals surface area contributed by atoms with Gasteiger partial charge in [-0.1, -0.05) is 12.1 Å². The molecule has 1 N–H and O–H groups in total. The number of anilines is 1. The zero-order valence-corrected chi connectivity index (χ0v) is 13.8. The number of hydrogen-bond donors (Lipinski definition) is 1. The van der Waals surface area contributed by atoms with Gasteiger partial charge in [-0.3, -0.25) is 9.59 Å². The molecule has 0 fully saturated rings. The van der Waals surface area contributed by atoms with Gasteiger partial charge < -0.3 is 9.88 Å². The molecule has 6 nitrogen and oxygen atoms in total. The van der Waals surface area contributed by atoms with Crippen LogP contribution in [-0.4, -0.2) is 20.3 Å². The van der Waals surface area contributed by atoms with E-state index in [2.05, 4.69) is 10.4 Å². The molecule has 0 spiro atoms. The third kappa shape index (κ3) is 2.99. The second-order valence-electron chi connectivity index (χ2n) is 5.67. The quantitative estimate of drug-likeness (QED) is 0.805. The van der Waals surface area contributed by atoms with Crippen LogP contribution >= 0.6 is 0 Å². The normalized spacial score (nSPS) is 10.6. The molecule has 1 amide bonds. The molecule has 0 saturated heterocycles. The predicted octanol–water partition coefficient (Wildman–Crippen LogP) is 2.44. The third-order valence-corrected chi connectivity index (χ3v) is 3.76. The van der Waals surface area contributed by atoms with Gasteiger partial charge in [0, 0.05) is 30.6 Å². The van der Waals surface area contributed by atoms with Gasteiger partial charge in [0.05, 0.1) is 17.1 Å². The summed E-state index contributed by atoms with van der Waals surface area (Å²) in [7, 11) is 1.64. The second-order valence-corrected chi connectivity index (χ2v) is 5.67. The molecule has 0 unspecified atom stereocenters. The number of para-hydroxylation sites is 2. The van der Waals surface area contributed by atoms with Gasteiger partial charge in [-0.15, -0.1) is 0 Å². The number of benzene rings is 1. The number of carbonyl (C=O) groups excluding carboxylic acids is 1. The van der Waals surface area contributed by atoms with Crippen molar-refractivity contribution in [3.05, 3.63) is 76.0 Å². The molecule has 3 aromatic rings. The Morgan fingerprint density at radius 1 is 1.12 bits per heavy atom. The Bertz CT molecular complexity index is 969. The van der Waals surface area contributed by atoms with Gasteiger partial charge in [-0.25, -0.2) is 4.68 Å². The van der Waals surface area contributed by atoms with E-state index < -0.39 is 0 Å². The molecule has 0 radical (unpaired) electrons. The summed E-state index contributed by atoms with van der Waals surface area (Å²) in [6.07, 6.45) is 1.57. The summed E-state index contributed by atoms with van der Waals surface area (Å²) >= 11 is 0. The number of nitrogens with one attached hydrogen (secondary N) is 1. The molecule has 6 heteroatoms. The van der Waals surface area contributed by atoms with Crippen LogP contribution < -0.4 is 10.9 Å². The molecule has 122 valence electrons. The SMILES string of the molecule is Cc1cc(C)n(-c2ccccc2NC(=O)c2ccn(C)c(=O)c2)n1. The molecule has 24 heavy (non-hydrogen) atoms. The molecule has 2 aromatic heterocycles. The molecule has 0 aliphatic carbocycles. The Hall–Kier alpha value is -3.15. The Morgan fingerprint density at radius 3 is 2.54 bits per heavy atom. The molecule has 0 aliphatic rings. The minimum Gasteiger partial charge on any atom is -0.320 e. The van der Waals surface area contributed by atoms with Gasteiger partial charge in [-0.05, 0) is 38.1 Å². The second kappa shape index (κ2) is 6.16. The topological polar surface area (TPSA) is 68.9 Å². The highest BCUT2D eigenvalue weighted by Crippen LogP contribution is 2.22. The predicted molar refractivity (Wildman–Crippen MR) is 92.7 cm³/mol. The fourth-order valence-electron chi connectivity index (χ4n) is 2.52. The molecule has 3 rings (SSSR count). The van der Waals surface area contributed by atoms with Gasteiger partial charge in [-0.2, -0.15) is 5.10 Å². The van der Waals surface area contributed by atoms with E-state index in [9.17, 15) is 9.59 Å². The highest BCUT2D eigenvalue weighted by Gasteiger charge is 2.13. The van der Waals surface area contributed by atoms with Gasteiger partial charge in [0.25, 0.3) is 11.5 Å².